The summed E-state index contributed by atoms with van der Waals surface area (Å²) in [4.78, 5) is 8.66. The van der Waals surface area contributed by atoms with Crippen molar-refractivity contribution in [2.24, 2.45) is 0 Å². The van der Waals surface area contributed by atoms with Gasteiger partial charge in [0.05, 0.1) is 5.69 Å². The van der Waals surface area contributed by atoms with Gasteiger partial charge in [0.2, 0.25) is 0 Å². The van der Waals surface area contributed by atoms with Gasteiger partial charge in [0.1, 0.15) is 10.4 Å². The molecule has 0 fully saturated rings. The standard InChI is InChI=1S/C13H13BrN2/c1-8-4-9(2)6-11(5-8)12-7-13(14)16-10(3)15-12/h4-7H,1-3H3. The number of halogens is 1. The van der Waals surface area contributed by atoms with Crippen LogP contribution in [-0.4, -0.2) is 9.97 Å². The summed E-state index contributed by atoms with van der Waals surface area (Å²) >= 11 is 3.40. The predicted molar refractivity (Wildman–Crippen MR) is 69.4 cm³/mol. The summed E-state index contributed by atoms with van der Waals surface area (Å²) in [6.45, 7) is 6.09. The number of benzene rings is 1. The molecule has 0 N–H and O–H groups in total. The smallest absolute Gasteiger partial charge is 0.127 e. The van der Waals surface area contributed by atoms with Crippen molar-refractivity contribution >= 4 is 15.9 Å². The van der Waals surface area contributed by atoms with E-state index in [1.807, 2.05) is 13.0 Å². The summed E-state index contributed by atoms with van der Waals surface area (Å²) in [6.07, 6.45) is 0. The highest BCUT2D eigenvalue weighted by Crippen LogP contribution is 2.22. The molecule has 0 saturated heterocycles. The van der Waals surface area contributed by atoms with Crippen LogP contribution in [0.5, 0.6) is 0 Å². The number of nitrogens with zero attached hydrogens (tertiary/aromatic N) is 2. The third kappa shape index (κ3) is 2.47. The van der Waals surface area contributed by atoms with Crippen LogP contribution in [0.1, 0.15) is 17.0 Å². The van der Waals surface area contributed by atoms with Crippen LogP contribution >= 0.6 is 15.9 Å². The first-order valence-corrected chi connectivity index (χ1v) is 5.94. The fraction of sp³-hybridized carbons (Fsp3) is 0.231. The molecule has 2 rings (SSSR count). The summed E-state index contributed by atoms with van der Waals surface area (Å²) in [7, 11) is 0. The zero-order valence-corrected chi connectivity index (χ0v) is 11.2. The molecular weight excluding hydrogens is 264 g/mol. The van der Waals surface area contributed by atoms with E-state index in [-0.39, 0.29) is 0 Å². The summed E-state index contributed by atoms with van der Waals surface area (Å²) in [5, 5.41) is 0. The van der Waals surface area contributed by atoms with Crippen LogP contribution in [0, 0.1) is 20.8 Å². The van der Waals surface area contributed by atoms with Crippen LogP contribution < -0.4 is 0 Å². The maximum atomic E-state index is 4.45. The number of hydrogen-bond donors (Lipinski definition) is 0. The molecule has 0 spiro atoms. The first-order valence-electron chi connectivity index (χ1n) is 5.14. The second-order valence-electron chi connectivity index (χ2n) is 4.00. The maximum Gasteiger partial charge on any atom is 0.127 e. The Balaban J connectivity index is 2.57. The Kier molecular flexibility index (Phi) is 3.06. The van der Waals surface area contributed by atoms with Crippen LogP contribution in [0.2, 0.25) is 0 Å². The molecule has 2 aromatic rings. The number of aryl methyl sites for hydroxylation is 3. The van der Waals surface area contributed by atoms with E-state index in [0.717, 1.165) is 21.7 Å². The van der Waals surface area contributed by atoms with Crippen molar-refractivity contribution in [3.63, 3.8) is 0 Å². The van der Waals surface area contributed by atoms with E-state index in [4.69, 9.17) is 0 Å². The van der Waals surface area contributed by atoms with Gasteiger partial charge in [-0.25, -0.2) is 9.97 Å². The fourth-order valence-corrected chi connectivity index (χ4v) is 2.28. The van der Waals surface area contributed by atoms with Gasteiger partial charge in [-0.3, -0.25) is 0 Å². The van der Waals surface area contributed by atoms with Crippen LogP contribution in [0.25, 0.3) is 11.3 Å². The summed E-state index contributed by atoms with van der Waals surface area (Å²) in [5.41, 5.74) is 4.61. The second kappa shape index (κ2) is 4.34. The summed E-state index contributed by atoms with van der Waals surface area (Å²) in [5.74, 6) is 0.781. The Morgan fingerprint density at radius 1 is 0.875 bits per heavy atom. The van der Waals surface area contributed by atoms with E-state index in [1.165, 1.54) is 11.1 Å². The predicted octanol–water partition coefficient (Wildman–Crippen LogP) is 3.83. The van der Waals surface area contributed by atoms with Gasteiger partial charge >= 0.3 is 0 Å². The molecule has 0 aliphatic rings. The van der Waals surface area contributed by atoms with Gasteiger partial charge in [0, 0.05) is 5.56 Å². The van der Waals surface area contributed by atoms with Crippen molar-refractivity contribution in [2.75, 3.05) is 0 Å². The molecule has 1 heterocycles. The molecule has 0 bridgehead atoms. The van der Waals surface area contributed by atoms with E-state index in [9.17, 15) is 0 Å². The SMILES string of the molecule is Cc1cc(C)cc(-c2cc(Br)nc(C)n2)c1. The summed E-state index contributed by atoms with van der Waals surface area (Å²) in [6, 6.07) is 8.39. The van der Waals surface area contributed by atoms with Gasteiger partial charge in [0.25, 0.3) is 0 Å². The molecule has 0 saturated carbocycles. The van der Waals surface area contributed by atoms with E-state index < -0.39 is 0 Å². The van der Waals surface area contributed by atoms with Crippen molar-refractivity contribution in [3.8, 4) is 11.3 Å². The lowest BCUT2D eigenvalue weighted by Gasteiger charge is -2.05. The molecule has 0 unspecified atom stereocenters. The van der Waals surface area contributed by atoms with Crippen molar-refractivity contribution < 1.29 is 0 Å². The molecule has 1 aromatic heterocycles. The molecule has 16 heavy (non-hydrogen) atoms. The number of hydrogen-bond acceptors (Lipinski definition) is 2. The quantitative estimate of drug-likeness (QED) is 0.740. The van der Waals surface area contributed by atoms with Crippen molar-refractivity contribution in [1.82, 2.24) is 9.97 Å². The normalized spacial score (nSPS) is 10.5. The number of rotatable bonds is 1. The Morgan fingerprint density at radius 2 is 1.50 bits per heavy atom. The Hall–Kier alpha value is -1.22. The average molecular weight is 277 g/mol. The molecule has 0 radical (unpaired) electrons. The zero-order chi connectivity index (χ0) is 11.7. The monoisotopic (exact) mass is 276 g/mol. The van der Waals surface area contributed by atoms with E-state index in [2.05, 4.69) is 57.9 Å². The third-order valence-electron chi connectivity index (χ3n) is 2.32. The van der Waals surface area contributed by atoms with Crippen molar-refractivity contribution in [2.45, 2.75) is 20.8 Å². The van der Waals surface area contributed by atoms with E-state index >= 15 is 0 Å². The van der Waals surface area contributed by atoms with Gasteiger partial charge in [-0.1, -0.05) is 17.2 Å². The summed E-state index contributed by atoms with van der Waals surface area (Å²) < 4.78 is 0.828. The highest BCUT2D eigenvalue weighted by molar-refractivity contribution is 9.10. The minimum Gasteiger partial charge on any atom is -0.233 e. The minimum atomic E-state index is 0.781. The molecule has 1 aromatic carbocycles. The van der Waals surface area contributed by atoms with E-state index in [1.54, 1.807) is 0 Å². The van der Waals surface area contributed by atoms with Crippen LogP contribution in [0.15, 0.2) is 28.9 Å². The van der Waals surface area contributed by atoms with Crippen molar-refractivity contribution in [1.29, 1.82) is 0 Å². The maximum absolute atomic E-state index is 4.45. The van der Waals surface area contributed by atoms with Gasteiger partial charge in [-0.05, 0) is 54.9 Å². The Labute approximate surface area is 104 Å². The fourth-order valence-electron chi connectivity index (χ4n) is 1.80. The van der Waals surface area contributed by atoms with Crippen LogP contribution in [-0.2, 0) is 0 Å². The van der Waals surface area contributed by atoms with Gasteiger partial charge in [-0.2, -0.15) is 0 Å². The second-order valence-corrected chi connectivity index (χ2v) is 4.81. The van der Waals surface area contributed by atoms with Gasteiger partial charge in [-0.15, -0.1) is 0 Å². The van der Waals surface area contributed by atoms with Crippen LogP contribution in [0.3, 0.4) is 0 Å². The highest BCUT2D eigenvalue weighted by atomic mass is 79.9. The lowest BCUT2D eigenvalue weighted by molar-refractivity contribution is 1.04. The highest BCUT2D eigenvalue weighted by Gasteiger charge is 2.04. The van der Waals surface area contributed by atoms with Crippen LogP contribution in [0.4, 0.5) is 0 Å². The van der Waals surface area contributed by atoms with Gasteiger partial charge < -0.3 is 0 Å². The zero-order valence-electron chi connectivity index (χ0n) is 9.58. The molecule has 0 amide bonds. The molecule has 2 nitrogen and oxygen atoms in total. The molecular formula is C13H13BrN2. The molecule has 0 aliphatic heterocycles. The molecule has 3 heteroatoms. The lowest BCUT2D eigenvalue weighted by Crippen LogP contribution is -1.92. The minimum absolute atomic E-state index is 0.781. The first kappa shape index (κ1) is 11.3. The topological polar surface area (TPSA) is 25.8 Å². The first-order chi connectivity index (χ1) is 7.54. The molecule has 82 valence electrons. The van der Waals surface area contributed by atoms with Crippen molar-refractivity contribution in [3.05, 3.63) is 45.8 Å². The average Bonchev–Trinajstić information content (AvgIpc) is 2.14. The molecule has 0 atom stereocenters. The number of aromatic nitrogens is 2. The Morgan fingerprint density at radius 3 is 2.06 bits per heavy atom. The Bertz CT molecular complexity index is 445. The molecule has 0 aliphatic carbocycles. The lowest BCUT2D eigenvalue weighted by atomic mass is 10.1. The van der Waals surface area contributed by atoms with E-state index in [0.29, 0.717) is 0 Å². The van der Waals surface area contributed by atoms with Gasteiger partial charge in [0.15, 0.2) is 0 Å². The third-order valence-corrected chi connectivity index (χ3v) is 2.73. The largest absolute Gasteiger partial charge is 0.233 e.